The van der Waals surface area contributed by atoms with E-state index in [9.17, 15) is 15.2 Å². The Balaban J connectivity index is 2.14. The molecule has 1 heterocycles. The molecule has 0 spiro atoms. The van der Waals surface area contributed by atoms with Gasteiger partial charge in [0.05, 0.1) is 10.5 Å². The van der Waals surface area contributed by atoms with Crippen molar-refractivity contribution in [1.82, 2.24) is 9.78 Å². The fourth-order valence-corrected chi connectivity index (χ4v) is 2.04. The number of nitrogens with one attached hydrogen (secondary N) is 1. The Morgan fingerprint density at radius 1 is 1.39 bits per heavy atom. The third-order valence-electron chi connectivity index (χ3n) is 3.08. The molecule has 124 valence electrons. The lowest BCUT2D eigenvalue weighted by Gasteiger charge is -2.17. The monoisotopic (exact) mass is 320 g/mol. The molecule has 0 bridgehead atoms. The lowest BCUT2D eigenvalue weighted by Crippen LogP contribution is -2.27. The lowest BCUT2D eigenvalue weighted by atomic mass is 10.2. The molecule has 23 heavy (non-hydrogen) atoms. The van der Waals surface area contributed by atoms with Gasteiger partial charge in [0.1, 0.15) is 18.1 Å². The number of nitrogens with zero attached hydrogens (tertiary/aromatic N) is 3. The minimum absolute atomic E-state index is 0.0464. The van der Waals surface area contributed by atoms with Crippen LogP contribution in [0.4, 0.5) is 17.2 Å². The summed E-state index contributed by atoms with van der Waals surface area (Å²) in [6, 6.07) is 6.93. The Bertz CT molecular complexity index is 702. The average Bonchev–Trinajstić information content (AvgIpc) is 2.71. The van der Waals surface area contributed by atoms with Crippen LogP contribution in [0.15, 0.2) is 24.3 Å². The van der Waals surface area contributed by atoms with Crippen LogP contribution in [0.5, 0.6) is 5.75 Å². The number of ether oxygens (including phenoxy) is 1. The summed E-state index contributed by atoms with van der Waals surface area (Å²) < 4.78 is 6.90. The topological polar surface area (TPSA) is 102 Å². The first kappa shape index (κ1) is 16.8. The molecule has 0 saturated carbocycles. The van der Waals surface area contributed by atoms with E-state index in [-0.39, 0.29) is 12.3 Å². The second-order valence-corrected chi connectivity index (χ2v) is 5.91. The lowest BCUT2D eigenvalue weighted by molar-refractivity contribution is -0.384. The molecule has 8 heteroatoms. The minimum atomic E-state index is -0.913. The SMILES string of the molecule is Cc1nn(C)c(Nc2ccc(OCC(C)(C)O)cc2)c1[N+](=O)[O-]. The van der Waals surface area contributed by atoms with Gasteiger partial charge >= 0.3 is 5.69 Å². The molecule has 0 fully saturated rings. The van der Waals surface area contributed by atoms with Crippen molar-refractivity contribution >= 4 is 17.2 Å². The highest BCUT2D eigenvalue weighted by Gasteiger charge is 2.24. The van der Waals surface area contributed by atoms with E-state index in [0.29, 0.717) is 22.9 Å². The first-order valence-corrected chi connectivity index (χ1v) is 7.07. The molecule has 0 aliphatic carbocycles. The molecule has 0 radical (unpaired) electrons. The number of aryl methyl sites for hydroxylation is 2. The van der Waals surface area contributed by atoms with Crippen LogP contribution in [0.2, 0.25) is 0 Å². The zero-order valence-electron chi connectivity index (χ0n) is 13.5. The van der Waals surface area contributed by atoms with Crippen molar-refractivity contribution < 1.29 is 14.8 Å². The van der Waals surface area contributed by atoms with Crippen molar-refractivity contribution in [1.29, 1.82) is 0 Å². The third-order valence-corrected chi connectivity index (χ3v) is 3.08. The van der Waals surface area contributed by atoms with E-state index in [0.717, 1.165) is 0 Å². The van der Waals surface area contributed by atoms with E-state index in [4.69, 9.17) is 4.74 Å². The standard InChI is InChI=1S/C15H20N4O4/c1-10-13(19(21)22)14(18(4)17-10)16-11-5-7-12(8-6-11)23-9-15(2,3)20/h5-8,16,20H,9H2,1-4H3. The highest BCUT2D eigenvalue weighted by Crippen LogP contribution is 2.30. The zero-order valence-corrected chi connectivity index (χ0v) is 13.5. The van der Waals surface area contributed by atoms with Gasteiger partial charge in [-0.25, -0.2) is 4.68 Å². The highest BCUT2D eigenvalue weighted by molar-refractivity contribution is 5.67. The van der Waals surface area contributed by atoms with Crippen LogP contribution in [-0.2, 0) is 7.05 Å². The minimum Gasteiger partial charge on any atom is -0.491 e. The van der Waals surface area contributed by atoms with E-state index in [1.165, 1.54) is 4.68 Å². The predicted octanol–water partition coefficient (Wildman–Crippen LogP) is 2.53. The van der Waals surface area contributed by atoms with E-state index in [2.05, 4.69) is 10.4 Å². The van der Waals surface area contributed by atoms with Gasteiger partial charge in [-0.2, -0.15) is 5.10 Å². The number of rotatable bonds is 6. The molecule has 0 amide bonds. The summed E-state index contributed by atoms with van der Waals surface area (Å²) in [5.41, 5.74) is 0.0655. The van der Waals surface area contributed by atoms with Crippen LogP contribution < -0.4 is 10.1 Å². The maximum Gasteiger partial charge on any atom is 0.334 e. The number of aliphatic hydroxyl groups is 1. The van der Waals surface area contributed by atoms with Crippen molar-refractivity contribution in [2.24, 2.45) is 7.05 Å². The number of nitro groups is 1. The maximum atomic E-state index is 11.1. The summed E-state index contributed by atoms with van der Waals surface area (Å²) in [5.74, 6) is 0.922. The molecule has 2 N–H and O–H groups in total. The molecule has 0 aliphatic rings. The van der Waals surface area contributed by atoms with Crippen LogP contribution in [-0.4, -0.2) is 32.0 Å². The van der Waals surface area contributed by atoms with Gasteiger partial charge in [-0.3, -0.25) is 10.1 Å². The second-order valence-electron chi connectivity index (χ2n) is 5.91. The Kier molecular flexibility index (Phi) is 4.55. The summed E-state index contributed by atoms with van der Waals surface area (Å²) in [4.78, 5) is 10.7. The van der Waals surface area contributed by atoms with Crippen LogP contribution in [0.3, 0.4) is 0 Å². The van der Waals surface area contributed by atoms with Crippen molar-refractivity contribution in [3.05, 3.63) is 40.1 Å². The van der Waals surface area contributed by atoms with Gasteiger partial charge in [0.15, 0.2) is 0 Å². The second kappa shape index (κ2) is 6.25. The van der Waals surface area contributed by atoms with Gasteiger partial charge in [0.25, 0.3) is 0 Å². The number of aromatic nitrogens is 2. The quantitative estimate of drug-likeness (QED) is 0.626. The number of benzene rings is 1. The summed E-state index contributed by atoms with van der Waals surface area (Å²) in [5, 5.41) is 27.8. The molecule has 1 aromatic carbocycles. The molecule has 8 nitrogen and oxygen atoms in total. The van der Waals surface area contributed by atoms with Crippen LogP contribution in [0.25, 0.3) is 0 Å². The molecule has 0 unspecified atom stereocenters. The van der Waals surface area contributed by atoms with E-state index < -0.39 is 10.5 Å². The molecule has 0 atom stereocenters. The fourth-order valence-electron chi connectivity index (χ4n) is 2.04. The number of hydrogen-bond donors (Lipinski definition) is 2. The molecule has 2 rings (SSSR count). The fraction of sp³-hybridized carbons (Fsp3) is 0.400. The van der Waals surface area contributed by atoms with E-state index >= 15 is 0 Å². The number of anilines is 2. The molecule has 0 saturated heterocycles. The van der Waals surface area contributed by atoms with Crippen molar-refractivity contribution in [2.75, 3.05) is 11.9 Å². The Labute approximate surface area is 133 Å². The highest BCUT2D eigenvalue weighted by atomic mass is 16.6. The normalized spacial score (nSPS) is 11.3. The van der Waals surface area contributed by atoms with Crippen molar-refractivity contribution in [2.45, 2.75) is 26.4 Å². The van der Waals surface area contributed by atoms with Gasteiger partial charge in [0, 0.05) is 12.7 Å². The summed E-state index contributed by atoms with van der Waals surface area (Å²) in [6.07, 6.45) is 0. The first-order valence-electron chi connectivity index (χ1n) is 7.07. The van der Waals surface area contributed by atoms with Crippen molar-refractivity contribution in [3.8, 4) is 5.75 Å². The maximum absolute atomic E-state index is 11.1. The average molecular weight is 320 g/mol. The zero-order chi connectivity index (χ0) is 17.2. The Morgan fingerprint density at radius 3 is 2.52 bits per heavy atom. The smallest absolute Gasteiger partial charge is 0.334 e. The van der Waals surface area contributed by atoms with Gasteiger partial charge in [-0.1, -0.05) is 0 Å². The van der Waals surface area contributed by atoms with Gasteiger partial charge in [0.2, 0.25) is 5.82 Å². The van der Waals surface area contributed by atoms with Gasteiger partial charge < -0.3 is 15.2 Å². The molecule has 2 aromatic rings. The Morgan fingerprint density at radius 2 is 2.00 bits per heavy atom. The molecule has 0 aliphatic heterocycles. The summed E-state index contributed by atoms with van der Waals surface area (Å²) in [7, 11) is 1.64. The first-order chi connectivity index (χ1) is 10.7. The van der Waals surface area contributed by atoms with E-state index in [1.807, 2.05) is 0 Å². The van der Waals surface area contributed by atoms with Gasteiger partial charge in [-0.15, -0.1) is 0 Å². The molecular formula is C15H20N4O4. The Hall–Kier alpha value is -2.61. The van der Waals surface area contributed by atoms with Gasteiger partial charge in [-0.05, 0) is 45.0 Å². The third kappa shape index (κ3) is 4.19. The molecule has 1 aromatic heterocycles. The van der Waals surface area contributed by atoms with E-state index in [1.54, 1.807) is 52.1 Å². The predicted molar refractivity (Wildman–Crippen MR) is 86.1 cm³/mol. The summed E-state index contributed by atoms with van der Waals surface area (Å²) in [6.45, 7) is 5.09. The number of hydrogen-bond acceptors (Lipinski definition) is 6. The van der Waals surface area contributed by atoms with Crippen LogP contribution in [0.1, 0.15) is 19.5 Å². The van der Waals surface area contributed by atoms with Crippen molar-refractivity contribution in [3.63, 3.8) is 0 Å². The van der Waals surface area contributed by atoms with Crippen LogP contribution >= 0.6 is 0 Å². The van der Waals surface area contributed by atoms with Crippen LogP contribution in [0, 0.1) is 17.0 Å². The largest absolute Gasteiger partial charge is 0.491 e. The molecular weight excluding hydrogens is 300 g/mol. The summed E-state index contributed by atoms with van der Waals surface area (Å²) >= 11 is 0.